The predicted molar refractivity (Wildman–Crippen MR) is 154 cm³/mol. The van der Waals surface area contributed by atoms with Gasteiger partial charge in [-0.15, -0.1) is 0 Å². The summed E-state index contributed by atoms with van der Waals surface area (Å²) in [5.41, 5.74) is 0.659. The van der Waals surface area contributed by atoms with Crippen LogP contribution in [0.5, 0.6) is 11.5 Å². The molecule has 0 atom stereocenters. The van der Waals surface area contributed by atoms with Gasteiger partial charge in [0.15, 0.2) is 5.82 Å². The molecule has 2 aliphatic heterocycles. The van der Waals surface area contributed by atoms with Crippen LogP contribution in [0.3, 0.4) is 0 Å². The molecule has 3 amide bonds. The second kappa shape index (κ2) is 12.5. The van der Waals surface area contributed by atoms with Crippen molar-refractivity contribution in [1.82, 2.24) is 19.7 Å². The maximum absolute atomic E-state index is 15.0. The van der Waals surface area contributed by atoms with Crippen molar-refractivity contribution in [2.24, 2.45) is 0 Å². The van der Waals surface area contributed by atoms with Crippen LogP contribution in [0.1, 0.15) is 18.4 Å². The lowest BCUT2D eigenvalue weighted by molar-refractivity contribution is 0.00755. The van der Waals surface area contributed by atoms with E-state index >= 15 is 4.39 Å². The first-order valence-corrected chi connectivity index (χ1v) is 13.7. The monoisotopic (exact) mass is 562 g/mol. The molecule has 41 heavy (non-hydrogen) atoms. The van der Waals surface area contributed by atoms with Gasteiger partial charge in [0.2, 0.25) is 0 Å². The van der Waals surface area contributed by atoms with E-state index in [9.17, 15) is 14.7 Å². The van der Waals surface area contributed by atoms with Crippen molar-refractivity contribution in [1.29, 1.82) is 0 Å². The molecule has 0 saturated carbocycles. The third-order valence-electron chi connectivity index (χ3n) is 7.72. The number of aromatic nitrogens is 1. The molecule has 2 N–H and O–H groups in total. The number of hydrogen-bond acceptors (Lipinski definition) is 6. The van der Waals surface area contributed by atoms with Gasteiger partial charge in [-0.3, -0.25) is 15.1 Å². The minimum atomic E-state index is -1.27. The number of rotatable bonds is 8. The van der Waals surface area contributed by atoms with E-state index in [1.165, 1.54) is 18.3 Å². The van der Waals surface area contributed by atoms with Crippen molar-refractivity contribution < 1.29 is 23.8 Å². The van der Waals surface area contributed by atoms with E-state index in [1.54, 1.807) is 41.3 Å². The normalized spacial score (nSPS) is 16.3. The van der Waals surface area contributed by atoms with Gasteiger partial charge in [0.25, 0.3) is 0 Å². The maximum Gasteiger partial charge on any atom is 0.412 e. The summed E-state index contributed by atoms with van der Waals surface area (Å²) in [6.07, 6.45) is 2.12. The maximum atomic E-state index is 15.0. The number of ether oxygens (including phenoxy) is 1. The van der Waals surface area contributed by atoms with Crippen LogP contribution >= 0.6 is 0 Å². The number of carbonyl (C=O) groups is 2. The fourth-order valence-electron chi connectivity index (χ4n) is 5.21. The van der Waals surface area contributed by atoms with Crippen LogP contribution in [0, 0.1) is 5.82 Å². The van der Waals surface area contributed by atoms with Crippen LogP contribution in [0.4, 0.5) is 25.5 Å². The molecule has 0 bridgehead atoms. The van der Waals surface area contributed by atoms with E-state index in [-0.39, 0.29) is 24.0 Å². The van der Waals surface area contributed by atoms with E-state index in [1.807, 2.05) is 6.07 Å². The average molecular weight is 563 g/mol. The van der Waals surface area contributed by atoms with Gasteiger partial charge in [-0.25, -0.2) is 19.0 Å². The summed E-state index contributed by atoms with van der Waals surface area (Å²) in [6, 6.07) is 17.1. The number of nitrogens with one attached hydrogen (secondary N) is 1. The zero-order valence-electron chi connectivity index (χ0n) is 23.2. The highest BCUT2D eigenvalue weighted by Gasteiger charge is 2.35. The summed E-state index contributed by atoms with van der Waals surface area (Å²) in [4.78, 5) is 36.5. The minimum absolute atomic E-state index is 0.00750. The third-order valence-corrected chi connectivity index (χ3v) is 7.72. The Morgan fingerprint density at radius 3 is 2.41 bits per heavy atom. The van der Waals surface area contributed by atoms with E-state index in [2.05, 4.69) is 34.2 Å². The summed E-state index contributed by atoms with van der Waals surface area (Å²) in [5.74, 6) is 0.128. The molecule has 3 aromatic rings. The largest absolute Gasteiger partial charge is 0.465 e. The summed E-state index contributed by atoms with van der Waals surface area (Å²) in [6.45, 7) is 3.53. The number of amides is 3. The number of pyridine rings is 1. The van der Waals surface area contributed by atoms with Gasteiger partial charge in [-0.1, -0.05) is 30.3 Å². The van der Waals surface area contributed by atoms with Gasteiger partial charge in [-0.05, 0) is 50.7 Å². The number of carboxylic acid groups (broad SMARTS) is 1. The van der Waals surface area contributed by atoms with Crippen LogP contribution in [-0.4, -0.2) is 89.3 Å². The van der Waals surface area contributed by atoms with Crippen molar-refractivity contribution in [3.63, 3.8) is 0 Å². The Balaban J connectivity index is 1.16. The predicted octanol–water partition coefficient (Wildman–Crippen LogP) is 4.94. The Kier molecular flexibility index (Phi) is 8.65. The SMILES string of the molecule is CN(C)C1CN(C2CCN(C(=O)Nc3cc(Oc4ccc(N(Cc5ccccc5)C(=O)O)c(F)c4)ccn3)CC2)C1. The molecule has 0 spiro atoms. The van der Waals surface area contributed by atoms with E-state index in [4.69, 9.17) is 4.74 Å². The lowest BCUT2D eigenvalue weighted by Gasteiger charge is -2.49. The van der Waals surface area contributed by atoms with Crippen LogP contribution in [-0.2, 0) is 6.54 Å². The lowest BCUT2D eigenvalue weighted by Crippen LogP contribution is -2.62. The Hall–Kier alpha value is -4.22. The van der Waals surface area contributed by atoms with Crippen molar-refractivity contribution in [3.8, 4) is 11.5 Å². The van der Waals surface area contributed by atoms with Crippen molar-refractivity contribution in [2.45, 2.75) is 31.5 Å². The minimum Gasteiger partial charge on any atom is -0.465 e. The third kappa shape index (κ3) is 6.93. The van der Waals surface area contributed by atoms with Crippen molar-refractivity contribution >= 4 is 23.6 Å². The number of halogens is 1. The summed E-state index contributed by atoms with van der Waals surface area (Å²) in [7, 11) is 4.22. The second-order valence-corrected chi connectivity index (χ2v) is 10.7. The Labute approximate surface area is 238 Å². The lowest BCUT2D eigenvalue weighted by atomic mass is 9.97. The van der Waals surface area contributed by atoms with Crippen molar-refractivity contribution in [2.75, 3.05) is 50.5 Å². The van der Waals surface area contributed by atoms with Crippen molar-refractivity contribution in [3.05, 3.63) is 78.2 Å². The number of carbonyl (C=O) groups excluding carboxylic acids is 1. The van der Waals surface area contributed by atoms with Gasteiger partial charge in [0.1, 0.15) is 17.3 Å². The molecule has 3 heterocycles. The number of anilines is 2. The first-order chi connectivity index (χ1) is 19.8. The van der Waals surface area contributed by atoms with Crippen LogP contribution in [0.15, 0.2) is 66.9 Å². The van der Waals surface area contributed by atoms with Gasteiger partial charge in [0.05, 0.1) is 12.2 Å². The first-order valence-electron chi connectivity index (χ1n) is 13.7. The van der Waals surface area contributed by atoms with Crippen LogP contribution in [0.2, 0.25) is 0 Å². The molecule has 2 aromatic carbocycles. The molecule has 0 radical (unpaired) electrons. The first kappa shape index (κ1) is 28.3. The molecule has 1 aromatic heterocycles. The number of nitrogens with zero attached hydrogens (tertiary/aromatic N) is 5. The molecule has 2 fully saturated rings. The molecule has 2 aliphatic rings. The standard InChI is InChI=1S/C30H35FN6O4/c1-34(2)23-19-36(20-23)22-11-14-35(15-12-22)29(38)33-28-17-25(10-13-32-28)41-24-8-9-27(26(31)16-24)37(30(39)40)18-21-6-4-3-5-7-21/h3-10,13,16-17,22-23H,11-12,14-15,18-20H2,1-2H3,(H,39,40)(H,32,33,38). The van der Waals surface area contributed by atoms with Gasteiger partial charge < -0.3 is 19.6 Å². The highest BCUT2D eigenvalue weighted by Crippen LogP contribution is 2.30. The molecule has 0 unspecified atom stereocenters. The van der Waals surface area contributed by atoms with E-state index < -0.39 is 11.9 Å². The fraction of sp³-hybridized carbons (Fsp3) is 0.367. The average Bonchev–Trinajstić information content (AvgIpc) is 2.92. The molecular formula is C30H35FN6O4. The Morgan fingerprint density at radius 1 is 1.05 bits per heavy atom. The zero-order valence-corrected chi connectivity index (χ0v) is 23.2. The Bertz CT molecular complexity index is 1360. The number of piperidine rings is 1. The quantitative estimate of drug-likeness (QED) is 0.401. The van der Waals surface area contributed by atoms with Crippen LogP contribution in [0.25, 0.3) is 0 Å². The highest BCUT2D eigenvalue weighted by molar-refractivity contribution is 5.88. The number of hydrogen-bond donors (Lipinski definition) is 2. The molecule has 5 rings (SSSR count). The van der Waals surface area contributed by atoms with Gasteiger partial charge >= 0.3 is 12.1 Å². The molecule has 2 saturated heterocycles. The molecule has 0 aliphatic carbocycles. The van der Waals surface area contributed by atoms with Gasteiger partial charge in [0, 0.05) is 56.6 Å². The van der Waals surface area contributed by atoms with Gasteiger partial charge in [-0.2, -0.15) is 0 Å². The van der Waals surface area contributed by atoms with E-state index in [0.717, 1.165) is 42.5 Å². The molecule has 11 heteroatoms. The Morgan fingerprint density at radius 2 is 1.76 bits per heavy atom. The zero-order chi connectivity index (χ0) is 28.9. The molecule has 216 valence electrons. The molecular weight excluding hydrogens is 527 g/mol. The number of likely N-dealkylation sites (tertiary alicyclic amines) is 2. The van der Waals surface area contributed by atoms with E-state index in [0.29, 0.717) is 36.7 Å². The summed E-state index contributed by atoms with van der Waals surface area (Å²) < 4.78 is 20.8. The molecule has 10 nitrogen and oxygen atoms in total. The second-order valence-electron chi connectivity index (χ2n) is 10.7. The number of urea groups is 1. The summed E-state index contributed by atoms with van der Waals surface area (Å²) in [5, 5.41) is 12.5. The smallest absolute Gasteiger partial charge is 0.412 e. The fourth-order valence-corrected chi connectivity index (χ4v) is 5.21. The number of benzene rings is 2. The highest BCUT2D eigenvalue weighted by atomic mass is 19.1. The topological polar surface area (TPSA) is 101 Å². The van der Waals surface area contributed by atoms with Crippen LogP contribution < -0.4 is 15.0 Å². The summed E-state index contributed by atoms with van der Waals surface area (Å²) >= 11 is 0. The number of likely N-dealkylation sites (N-methyl/N-ethyl adjacent to an activating group) is 1.